The van der Waals surface area contributed by atoms with Crippen molar-refractivity contribution in [3.63, 3.8) is 0 Å². The fraction of sp³-hybridized carbons (Fsp3) is 0.333. The minimum Gasteiger partial charge on any atom is -0.459 e. The Labute approximate surface area is 192 Å². The number of hydrogen-bond donors (Lipinski definition) is 1. The number of esters is 1. The Morgan fingerprint density at radius 1 is 1.12 bits per heavy atom. The summed E-state index contributed by atoms with van der Waals surface area (Å²) in [6.07, 6.45) is 2.14. The van der Waals surface area contributed by atoms with Gasteiger partial charge in [0.15, 0.2) is 5.13 Å². The van der Waals surface area contributed by atoms with Crippen LogP contribution in [0.15, 0.2) is 48.0 Å². The zero-order valence-electron chi connectivity index (χ0n) is 19.0. The van der Waals surface area contributed by atoms with Gasteiger partial charge in [0, 0.05) is 30.6 Å². The Morgan fingerprint density at radius 3 is 2.56 bits per heavy atom. The Bertz CT molecular complexity index is 1100. The zero-order valence-corrected chi connectivity index (χ0v) is 19.8. The number of thiazole rings is 1. The molecule has 0 saturated carbocycles. The lowest BCUT2D eigenvalue weighted by molar-refractivity contribution is -0.152. The fourth-order valence-corrected chi connectivity index (χ4v) is 3.72. The summed E-state index contributed by atoms with van der Waals surface area (Å²) < 4.78 is 5.40. The SMILES string of the molecule is CCC(=O)Nc1nc(-c2cccc(-c3ccnc(N(C)CC(=O)OC(C)(C)C)c3)c2)cs1. The third-order valence-corrected chi connectivity index (χ3v) is 5.24. The van der Waals surface area contributed by atoms with E-state index in [0.717, 1.165) is 22.4 Å². The molecule has 0 spiro atoms. The third kappa shape index (κ3) is 6.37. The van der Waals surface area contributed by atoms with Crippen molar-refractivity contribution in [2.45, 2.75) is 39.7 Å². The molecule has 0 bridgehead atoms. The monoisotopic (exact) mass is 452 g/mol. The van der Waals surface area contributed by atoms with Gasteiger partial charge in [-0.15, -0.1) is 11.3 Å². The number of amides is 1. The molecule has 1 amide bonds. The first kappa shape index (κ1) is 23.4. The van der Waals surface area contributed by atoms with E-state index in [0.29, 0.717) is 17.4 Å². The van der Waals surface area contributed by atoms with Crippen LogP contribution < -0.4 is 10.2 Å². The topological polar surface area (TPSA) is 84.4 Å². The van der Waals surface area contributed by atoms with Gasteiger partial charge in [0.1, 0.15) is 18.0 Å². The van der Waals surface area contributed by atoms with Crippen LogP contribution in [0.1, 0.15) is 34.1 Å². The molecule has 0 aliphatic heterocycles. The number of likely N-dealkylation sites (N-methyl/N-ethyl adjacent to an activating group) is 1. The second kappa shape index (κ2) is 9.91. The molecule has 8 heteroatoms. The summed E-state index contributed by atoms with van der Waals surface area (Å²) in [4.78, 5) is 34.5. The fourth-order valence-electron chi connectivity index (χ4n) is 2.98. The molecule has 0 aliphatic carbocycles. The van der Waals surface area contributed by atoms with Crippen LogP contribution in [-0.4, -0.2) is 41.0 Å². The van der Waals surface area contributed by atoms with E-state index in [9.17, 15) is 9.59 Å². The van der Waals surface area contributed by atoms with Gasteiger partial charge in [-0.1, -0.05) is 25.1 Å². The summed E-state index contributed by atoms with van der Waals surface area (Å²) >= 11 is 1.40. The van der Waals surface area contributed by atoms with Crippen molar-refractivity contribution >= 4 is 34.2 Å². The Kier molecular flexibility index (Phi) is 7.25. The number of aromatic nitrogens is 2. The number of carbonyl (C=O) groups excluding carboxylic acids is 2. The van der Waals surface area contributed by atoms with Gasteiger partial charge in [0.05, 0.1) is 5.69 Å². The summed E-state index contributed by atoms with van der Waals surface area (Å²) in [6, 6.07) is 11.9. The lowest BCUT2D eigenvalue weighted by Crippen LogP contribution is -2.33. The average molecular weight is 453 g/mol. The number of hydrogen-bond acceptors (Lipinski definition) is 7. The van der Waals surface area contributed by atoms with Crippen molar-refractivity contribution in [1.29, 1.82) is 0 Å². The molecule has 2 aromatic heterocycles. The van der Waals surface area contributed by atoms with Crippen molar-refractivity contribution in [2.24, 2.45) is 0 Å². The molecule has 1 aromatic carbocycles. The van der Waals surface area contributed by atoms with Crippen LogP contribution in [0.5, 0.6) is 0 Å². The van der Waals surface area contributed by atoms with E-state index >= 15 is 0 Å². The molecular weight excluding hydrogens is 424 g/mol. The number of benzene rings is 1. The number of anilines is 2. The normalized spacial score (nSPS) is 11.2. The maximum atomic E-state index is 12.2. The van der Waals surface area contributed by atoms with E-state index in [1.165, 1.54) is 11.3 Å². The number of nitrogens with zero attached hydrogens (tertiary/aromatic N) is 3. The highest BCUT2D eigenvalue weighted by Gasteiger charge is 2.18. The van der Waals surface area contributed by atoms with Crippen molar-refractivity contribution in [3.8, 4) is 22.4 Å². The molecule has 1 N–H and O–H groups in total. The zero-order chi connectivity index (χ0) is 23.3. The number of rotatable bonds is 7. The molecule has 0 unspecified atom stereocenters. The minimum atomic E-state index is -0.525. The smallest absolute Gasteiger partial charge is 0.326 e. The molecule has 0 atom stereocenters. The Balaban J connectivity index is 1.78. The summed E-state index contributed by atoms with van der Waals surface area (Å²) in [5, 5.41) is 5.31. The van der Waals surface area contributed by atoms with Gasteiger partial charge in [-0.05, 0) is 50.1 Å². The van der Waals surface area contributed by atoms with Gasteiger partial charge in [0.25, 0.3) is 0 Å². The van der Waals surface area contributed by atoms with Crippen LogP contribution in [0.25, 0.3) is 22.4 Å². The predicted molar refractivity (Wildman–Crippen MR) is 129 cm³/mol. The van der Waals surface area contributed by atoms with Gasteiger partial charge in [-0.3, -0.25) is 9.59 Å². The predicted octanol–water partition coefficient (Wildman–Crippen LogP) is 5.00. The number of nitrogens with one attached hydrogen (secondary N) is 1. The average Bonchev–Trinajstić information content (AvgIpc) is 3.21. The molecule has 0 fully saturated rings. The molecule has 3 aromatic rings. The van der Waals surface area contributed by atoms with E-state index in [1.807, 2.05) is 69.6 Å². The van der Waals surface area contributed by atoms with E-state index < -0.39 is 5.60 Å². The second-order valence-corrected chi connectivity index (χ2v) is 9.22. The van der Waals surface area contributed by atoms with Crippen molar-refractivity contribution in [2.75, 3.05) is 23.8 Å². The van der Waals surface area contributed by atoms with E-state index in [2.05, 4.69) is 15.3 Å². The maximum Gasteiger partial charge on any atom is 0.326 e. The van der Waals surface area contributed by atoms with Crippen molar-refractivity contribution < 1.29 is 14.3 Å². The van der Waals surface area contributed by atoms with Crippen molar-refractivity contribution in [1.82, 2.24) is 9.97 Å². The van der Waals surface area contributed by atoms with Gasteiger partial charge in [0.2, 0.25) is 5.91 Å². The molecule has 3 rings (SSSR count). The lowest BCUT2D eigenvalue weighted by Gasteiger charge is -2.23. The highest BCUT2D eigenvalue weighted by molar-refractivity contribution is 7.14. The van der Waals surface area contributed by atoms with E-state index in [4.69, 9.17) is 4.74 Å². The minimum absolute atomic E-state index is 0.0560. The number of pyridine rings is 1. The number of carbonyl (C=O) groups is 2. The van der Waals surface area contributed by atoms with Crippen LogP contribution in [0.4, 0.5) is 10.9 Å². The van der Waals surface area contributed by atoms with Crippen LogP contribution in [-0.2, 0) is 14.3 Å². The van der Waals surface area contributed by atoms with Gasteiger partial charge >= 0.3 is 5.97 Å². The quantitative estimate of drug-likeness (QED) is 0.508. The summed E-state index contributed by atoms with van der Waals surface area (Å²) in [6.45, 7) is 7.46. The molecule has 0 saturated heterocycles. The highest BCUT2D eigenvalue weighted by atomic mass is 32.1. The Morgan fingerprint density at radius 2 is 1.84 bits per heavy atom. The molecule has 0 aliphatic rings. The van der Waals surface area contributed by atoms with E-state index in [1.54, 1.807) is 18.0 Å². The third-order valence-electron chi connectivity index (χ3n) is 4.49. The van der Waals surface area contributed by atoms with Crippen LogP contribution in [0.2, 0.25) is 0 Å². The first-order valence-corrected chi connectivity index (χ1v) is 11.3. The lowest BCUT2D eigenvalue weighted by atomic mass is 10.0. The van der Waals surface area contributed by atoms with E-state index in [-0.39, 0.29) is 18.4 Å². The number of ether oxygens (including phenoxy) is 1. The van der Waals surface area contributed by atoms with Gasteiger partial charge in [-0.2, -0.15) is 0 Å². The molecule has 0 radical (unpaired) electrons. The summed E-state index contributed by atoms with van der Waals surface area (Å²) in [5.41, 5.74) is 3.21. The van der Waals surface area contributed by atoms with Crippen LogP contribution in [0.3, 0.4) is 0 Å². The molecular formula is C24H28N4O3S. The second-order valence-electron chi connectivity index (χ2n) is 8.37. The highest BCUT2D eigenvalue weighted by Crippen LogP contribution is 2.30. The van der Waals surface area contributed by atoms with Crippen LogP contribution in [0, 0.1) is 0 Å². The first-order chi connectivity index (χ1) is 15.1. The summed E-state index contributed by atoms with van der Waals surface area (Å²) in [5.74, 6) is 0.320. The van der Waals surface area contributed by atoms with Crippen molar-refractivity contribution in [3.05, 3.63) is 48.0 Å². The summed E-state index contributed by atoms with van der Waals surface area (Å²) in [7, 11) is 1.81. The first-order valence-electron chi connectivity index (χ1n) is 10.4. The van der Waals surface area contributed by atoms with Gasteiger partial charge in [-0.25, -0.2) is 9.97 Å². The van der Waals surface area contributed by atoms with Gasteiger partial charge < -0.3 is 15.0 Å². The molecule has 168 valence electrons. The molecule has 2 heterocycles. The largest absolute Gasteiger partial charge is 0.459 e. The standard InChI is InChI=1S/C24H28N4O3S/c1-6-21(29)27-23-26-19(15-32-23)18-9-7-8-16(12-18)17-10-11-25-20(13-17)28(5)14-22(30)31-24(2,3)4/h7-13,15H,6,14H2,1-5H3,(H,26,27,29). The maximum absolute atomic E-state index is 12.2. The Hall–Kier alpha value is -3.26. The van der Waals surface area contributed by atoms with Crippen LogP contribution >= 0.6 is 11.3 Å². The molecule has 7 nitrogen and oxygen atoms in total. The molecule has 32 heavy (non-hydrogen) atoms.